The van der Waals surface area contributed by atoms with Crippen LogP contribution in [0.4, 0.5) is 0 Å². The molecular formula is C28H37SiTi. The van der Waals surface area contributed by atoms with Crippen LogP contribution in [0, 0.1) is 13.8 Å². The van der Waals surface area contributed by atoms with Gasteiger partial charge in [0, 0.05) is 0 Å². The SMILES string of the molecule is CCc1cc(CC)cc([Si](C)(c2ccc(C)cc2C)C2(C)C(C)=C(C)C(C)=[C]2[Ti])c1. The van der Waals surface area contributed by atoms with Gasteiger partial charge in [-0.1, -0.05) is 0 Å². The molecule has 0 amide bonds. The second-order valence-corrected chi connectivity index (χ2v) is 14.7. The first-order valence-corrected chi connectivity index (χ1v) is 14.6. The zero-order valence-corrected chi connectivity index (χ0v) is 22.9. The Morgan fingerprint density at radius 1 is 0.833 bits per heavy atom. The molecule has 0 aromatic heterocycles. The molecule has 2 unspecified atom stereocenters. The van der Waals surface area contributed by atoms with Gasteiger partial charge in [-0.25, -0.2) is 0 Å². The van der Waals surface area contributed by atoms with Crippen molar-refractivity contribution in [3.8, 4) is 0 Å². The molecule has 0 aliphatic heterocycles. The van der Waals surface area contributed by atoms with Crippen molar-refractivity contribution in [2.45, 2.75) is 79.8 Å². The molecule has 0 N–H and O–H groups in total. The molecule has 0 spiro atoms. The maximum atomic E-state index is 2.64. The van der Waals surface area contributed by atoms with Crippen molar-refractivity contribution in [1.29, 1.82) is 0 Å². The molecule has 3 rings (SSSR count). The molecule has 1 aliphatic rings. The quantitative estimate of drug-likeness (QED) is 0.454. The summed E-state index contributed by atoms with van der Waals surface area (Å²) in [6.45, 7) is 21.4. The van der Waals surface area contributed by atoms with Crippen LogP contribution in [-0.4, -0.2) is 8.07 Å². The van der Waals surface area contributed by atoms with Gasteiger partial charge in [0.1, 0.15) is 0 Å². The maximum absolute atomic E-state index is 2.64. The van der Waals surface area contributed by atoms with E-state index in [0.29, 0.717) is 0 Å². The Morgan fingerprint density at radius 2 is 1.40 bits per heavy atom. The van der Waals surface area contributed by atoms with Gasteiger partial charge in [0.05, 0.1) is 0 Å². The minimum atomic E-state index is -2.18. The van der Waals surface area contributed by atoms with E-state index in [0.717, 1.165) is 12.8 Å². The van der Waals surface area contributed by atoms with E-state index in [1.165, 1.54) is 33.4 Å². The zero-order valence-electron chi connectivity index (χ0n) is 20.4. The van der Waals surface area contributed by atoms with Crippen LogP contribution in [0.5, 0.6) is 0 Å². The van der Waals surface area contributed by atoms with Crippen molar-refractivity contribution in [1.82, 2.24) is 0 Å². The molecule has 0 saturated heterocycles. The van der Waals surface area contributed by atoms with Crippen LogP contribution >= 0.6 is 0 Å². The van der Waals surface area contributed by atoms with Gasteiger partial charge >= 0.3 is 198 Å². The van der Waals surface area contributed by atoms with Crippen molar-refractivity contribution >= 4 is 18.4 Å². The summed E-state index contributed by atoms with van der Waals surface area (Å²) in [6.07, 6.45) is 2.19. The average Bonchev–Trinajstić information content (AvgIpc) is 2.88. The van der Waals surface area contributed by atoms with E-state index in [4.69, 9.17) is 0 Å². The molecule has 157 valence electrons. The van der Waals surface area contributed by atoms with Crippen LogP contribution in [0.3, 0.4) is 0 Å². The summed E-state index contributed by atoms with van der Waals surface area (Å²) in [5.41, 5.74) is 10.3. The van der Waals surface area contributed by atoms with E-state index in [1.54, 1.807) is 19.8 Å². The van der Waals surface area contributed by atoms with Crippen molar-refractivity contribution < 1.29 is 20.4 Å². The molecule has 30 heavy (non-hydrogen) atoms. The molecule has 2 atom stereocenters. The van der Waals surface area contributed by atoms with Crippen molar-refractivity contribution in [2.24, 2.45) is 0 Å². The summed E-state index contributed by atoms with van der Waals surface area (Å²) >= 11 is 2.40. The van der Waals surface area contributed by atoms with Gasteiger partial charge < -0.3 is 0 Å². The van der Waals surface area contributed by atoms with E-state index in [1.807, 2.05) is 0 Å². The predicted molar refractivity (Wildman–Crippen MR) is 131 cm³/mol. The van der Waals surface area contributed by atoms with Crippen LogP contribution < -0.4 is 10.4 Å². The third-order valence-corrected chi connectivity index (χ3v) is 15.6. The fourth-order valence-corrected chi connectivity index (χ4v) is 12.6. The molecule has 0 fully saturated rings. The van der Waals surface area contributed by atoms with Crippen LogP contribution in [-0.2, 0) is 33.3 Å². The zero-order chi connectivity index (χ0) is 22.4. The minimum absolute atomic E-state index is 0.0819. The van der Waals surface area contributed by atoms with Gasteiger partial charge in [0.2, 0.25) is 0 Å². The van der Waals surface area contributed by atoms with Crippen molar-refractivity contribution in [3.05, 3.63) is 79.2 Å². The Hall–Kier alpha value is -1.15. The average molecular weight is 450 g/mol. The second-order valence-electron chi connectivity index (χ2n) is 9.56. The number of rotatable bonds is 5. The molecule has 0 saturated carbocycles. The van der Waals surface area contributed by atoms with Crippen molar-refractivity contribution in [2.75, 3.05) is 0 Å². The summed E-state index contributed by atoms with van der Waals surface area (Å²) in [4.78, 5) is 0. The third kappa shape index (κ3) is 3.38. The Kier molecular flexibility index (Phi) is 6.59. The van der Waals surface area contributed by atoms with Gasteiger partial charge in [-0.15, -0.1) is 0 Å². The summed E-state index contributed by atoms with van der Waals surface area (Å²) in [5, 5.41) is 3.26. The molecule has 0 heterocycles. The second kappa shape index (κ2) is 8.41. The van der Waals surface area contributed by atoms with E-state index in [-0.39, 0.29) is 5.04 Å². The van der Waals surface area contributed by atoms with Crippen LogP contribution in [0.2, 0.25) is 11.6 Å². The molecule has 1 aliphatic carbocycles. The summed E-state index contributed by atoms with van der Waals surface area (Å²) < 4.78 is 1.58. The van der Waals surface area contributed by atoms with Gasteiger partial charge in [0.25, 0.3) is 0 Å². The van der Waals surface area contributed by atoms with E-state index < -0.39 is 8.07 Å². The van der Waals surface area contributed by atoms with Gasteiger partial charge in [-0.3, -0.25) is 0 Å². The standard InChI is InChI=1S/C28H37Si.Ti/c1-10-24-15-25(11-2)17-26(16-24)29(9,27-13-12-19(3)14-20(27)4)28(8)18-21(5)22(6)23(28)7;/h12-17H,10-11H2,1-9H3;. The topological polar surface area (TPSA) is 0 Å². The van der Waals surface area contributed by atoms with Crippen LogP contribution in [0.15, 0.2) is 57.0 Å². The van der Waals surface area contributed by atoms with Gasteiger partial charge in [-0.05, 0) is 0 Å². The molecular weight excluding hydrogens is 412 g/mol. The number of aryl methyl sites for hydroxylation is 4. The summed E-state index contributed by atoms with van der Waals surface area (Å²) in [5.74, 6) is 0. The Labute approximate surface area is 197 Å². The Balaban J connectivity index is 2.46. The third-order valence-electron chi connectivity index (χ3n) is 8.12. The van der Waals surface area contributed by atoms with Crippen molar-refractivity contribution in [3.63, 3.8) is 0 Å². The number of allylic oxidation sites excluding steroid dienone is 4. The predicted octanol–water partition coefficient (Wildman–Crippen LogP) is 6.55. The fraction of sp³-hybridized carbons (Fsp3) is 0.429. The number of hydrogen-bond acceptors (Lipinski definition) is 0. The molecule has 2 aromatic carbocycles. The van der Waals surface area contributed by atoms with Crippen LogP contribution in [0.25, 0.3) is 0 Å². The molecule has 0 radical (unpaired) electrons. The first-order valence-electron chi connectivity index (χ1n) is 11.3. The summed E-state index contributed by atoms with van der Waals surface area (Å²) in [6, 6.07) is 14.7. The molecule has 2 aromatic rings. The molecule has 0 nitrogen and oxygen atoms in total. The number of hydrogen-bond donors (Lipinski definition) is 0. The summed E-state index contributed by atoms with van der Waals surface area (Å²) in [7, 11) is -2.18. The first kappa shape index (κ1) is 23.5. The van der Waals surface area contributed by atoms with Crippen LogP contribution in [0.1, 0.15) is 63.8 Å². The normalized spacial score (nSPS) is 21.3. The van der Waals surface area contributed by atoms with Gasteiger partial charge in [-0.2, -0.15) is 0 Å². The first-order chi connectivity index (χ1) is 14.0. The molecule has 0 bridgehead atoms. The Morgan fingerprint density at radius 3 is 1.83 bits per heavy atom. The van der Waals surface area contributed by atoms with E-state index in [9.17, 15) is 0 Å². The fourth-order valence-electron chi connectivity index (χ4n) is 5.58. The Bertz CT molecular complexity index is 1010. The monoisotopic (exact) mass is 449 g/mol. The number of benzene rings is 2. The molecule has 2 heteroatoms. The van der Waals surface area contributed by atoms with E-state index >= 15 is 0 Å². The van der Waals surface area contributed by atoms with E-state index in [2.05, 4.69) is 119 Å². The van der Waals surface area contributed by atoms with Gasteiger partial charge in [0.15, 0.2) is 0 Å².